The fourth-order valence-electron chi connectivity index (χ4n) is 2.57. The van der Waals surface area contributed by atoms with Crippen molar-refractivity contribution in [2.24, 2.45) is 5.92 Å². The zero-order valence-corrected chi connectivity index (χ0v) is 35.7. The number of carbonyl (C=O) groups is 2. The van der Waals surface area contributed by atoms with Gasteiger partial charge in [0, 0.05) is 46.9 Å². The van der Waals surface area contributed by atoms with Crippen molar-refractivity contribution in [1.29, 1.82) is 5.26 Å². The smallest absolute Gasteiger partial charge is 0.220 e. The van der Waals surface area contributed by atoms with Crippen LogP contribution in [0.3, 0.4) is 0 Å². The Bertz CT molecular complexity index is 1130. The van der Waals surface area contributed by atoms with Gasteiger partial charge in [-0.25, -0.2) is 0 Å². The molecule has 0 saturated heterocycles. The molecule has 6 nitrogen and oxygen atoms in total. The monoisotopic (exact) mass is 777 g/mol. The highest BCUT2D eigenvalue weighted by atomic mass is 35.5. The molecular formula is C38H61Cl2NO5S3. The molecule has 0 N–H and O–H groups in total. The molecule has 0 fully saturated rings. The van der Waals surface area contributed by atoms with E-state index in [1.54, 1.807) is 25.3 Å². The number of ether oxygens (including phenoxy) is 3. The molecule has 0 bridgehead atoms. The van der Waals surface area contributed by atoms with Crippen molar-refractivity contribution in [3.05, 3.63) is 69.7 Å². The van der Waals surface area contributed by atoms with Crippen LogP contribution in [0.5, 0.6) is 0 Å². The molecular weight excluding hydrogens is 718 g/mol. The molecule has 2 aromatic carbocycles. The number of nitriles is 1. The van der Waals surface area contributed by atoms with Crippen LogP contribution < -0.4 is 0 Å². The van der Waals surface area contributed by atoms with Crippen LogP contribution in [-0.2, 0) is 14.2 Å². The van der Waals surface area contributed by atoms with Gasteiger partial charge in [0.2, 0.25) is 10.2 Å². The maximum absolute atomic E-state index is 11.8. The number of nitrogens with zero attached hydrogens (tertiary/aromatic N) is 1. The largest absolute Gasteiger partial charge is 0.382 e. The second kappa shape index (κ2) is 35.2. The van der Waals surface area contributed by atoms with Crippen molar-refractivity contribution in [1.82, 2.24) is 0 Å². The summed E-state index contributed by atoms with van der Waals surface area (Å²) < 4.78 is 15.5. The van der Waals surface area contributed by atoms with Gasteiger partial charge in [0.25, 0.3) is 0 Å². The van der Waals surface area contributed by atoms with Crippen molar-refractivity contribution in [2.45, 2.75) is 106 Å². The fourth-order valence-corrected chi connectivity index (χ4v) is 5.16. The van der Waals surface area contributed by atoms with E-state index in [-0.39, 0.29) is 22.4 Å². The molecule has 280 valence electrons. The molecule has 49 heavy (non-hydrogen) atoms. The Morgan fingerprint density at radius 2 is 1.20 bits per heavy atom. The number of carbonyl (C=O) groups excluding carboxylic acids is 2. The highest BCUT2D eigenvalue weighted by Gasteiger charge is 2.11. The number of rotatable bonds is 14. The number of halogens is 2. The van der Waals surface area contributed by atoms with E-state index in [0.717, 1.165) is 17.2 Å². The van der Waals surface area contributed by atoms with Crippen molar-refractivity contribution in [2.75, 3.05) is 37.6 Å². The number of thioether (sulfide) groups is 3. The maximum atomic E-state index is 11.8. The number of benzene rings is 2. The first-order valence-electron chi connectivity index (χ1n) is 16.6. The first kappa shape index (κ1) is 52.1. The Labute approximate surface area is 321 Å². The highest BCUT2D eigenvalue weighted by Crippen LogP contribution is 2.24. The second-order valence-corrected chi connectivity index (χ2v) is 16.6. The van der Waals surface area contributed by atoms with E-state index in [0.29, 0.717) is 58.1 Å². The molecule has 0 aliphatic carbocycles. The summed E-state index contributed by atoms with van der Waals surface area (Å²) in [6, 6.07) is 16.3. The first-order valence-corrected chi connectivity index (χ1v) is 20.3. The van der Waals surface area contributed by atoms with E-state index in [1.165, 1.54) is 23.5 Å². The van der Waals surface area contributed by atoms with Gasteiger partial charge in [-0.05, 0) is 70.9 Å². The van der Waals surface area contributed by atoms with Gasteiger partial charge in [-0.2, -0.15) is 17.0 Å². The standard InChI is InChI=1S/C12H14Cl2O2S.C12H16O2S.C6H11NS.C4H10O.C4H10/c1-8(2)16-5-6-17-12(15)10-4-3-9(13)7-11(10)14;1-10(2)14-8-9-15-12(13)11-6-4-3-5-7-11;1-6(2)8-5-3-4-7;1-4(2)5-3;1-4(2)3/h3-4,7-8H,5-6H2,1-2H3;3-7,10H,8-9H2,1-2H3;6H,3,5H2,1-2H3;4H,1-3H3;4H,1-3H3. The lowest BCUT2D eigenvalue weighted by Gasteiger charge is -2.07. The Balaban J connectivity index is -0.000000598. The van der Waals surface area contributed by atoms with E-state index in [2.05, 4.69) is 40.7 Å². The van der Waals surface area contributed by atoms with Gasteiger partial charge in [0.15, 0.2) is 0 Å². The Morgan fingerprint density at radius 1 is 0.735 bits per heavy atom. The van der Waals surface area contributed by atoms with Crippen LogP contribution >= 0.6 is 58.5 Å². The molecule has 0 aromatic heterocycles. The minimum atomic E-state index is -0.0565. The van der Waals surface area contributed by atoms with E-state index < -0.39 is 0 Å². The molecule has 0 aliphatic rings. The maximum Gasteiger partial charge on any atom is 0.220 e. The third kappa shape index (κ3) is 39.4. The van der Waals surface area contributed by atoms with E-state index in [9.17, 15) is 9.59 Å². The van der Waals surface area contributed by atoms with Gasteiger partial charge in [0.1, 0.15) is 0 Å². The lowest BCUT2D eigenvalue weighted by atomic mass is 10.2. The summed E-state index contributed by atoms with van der Waals surface area (Å²) in [5, 5.41) is 9.76. The van der Waals surface area contributed by atoms with Crippen LogP contribution in [0.15, 0.2) is 48.5 Å². The van der Waals surface area contributed by atoms with Gasteiger partial charge < -0.3 is 14.2 Å². The van der Waals surface area contributed by atoms with Crippen LogP contribution in [0.4, 0.5) is 0 Å². The molecule has 0 spiro atoms. The third-order valence-electron chi connectivity index (χ3n) is 4.83. The zero-order chi connectivity index (χ0) is 38.2. The summed E-state index contributed by atoms with van der Waals surface area (Å²) in [5.41, 5.74) is 1.25. The SMILES string of the molecule is CC(C)C.CC(C)OCCSC(=O)c1ccc(Cl)cc1Cl.CC(C)OCCSC(=O)c1ccccc1.CC(C)SCCC#N.COC(C)C. The van der Waals surface area contributed by atoms with E-state index in [4.69, 9.17) is 42.7 Å². The van der Waals surface area contributed by atoms with Crippen LogP contribution in [0, 0.1) is 17.2 Å². The summed E-state index contributed by atoms with van der Waals surface area (Å²) in [7, 11) is 1.70. The van der Waals surface area contributed by atoms with E-state index >= 15 is 0 Å². The normalized spacial score (nSPS) is 10.2. The average Bonchev–Trinajstić information content (AvgIpc) is 3.02. The lowest BCUT2D eigenvalue weighted by molar-refractivity contribution is 0.0914. The number of methoxy groups -OCH3 is 1. The average molecular weight is 779 g/mol. The quantitative estimate of drug-likeness (QED) is 0.174. The second-order valence-electron chi connectivity index (χ2n) is 11.9. The zero-order valence-electron chi connectivity index (χ0n) is 31.7. The lowest BCUT2D eigenvalue weighted by Crippen LogP contribution is -2.07. The summed E-state index contributed by atoms with van der Waals surface area (Å²) in [5.74, 6) is 3.15. The molecule has 0 aliphatic heterocycles. The van der Waals surface area contributed by atoms with Crippen molar-refractivity contribution in [3.63, 3.8) is 0 Å². The summed E-state index contributed by atoms with van der Waals surface area (Å²) in [4.78, 5) is 23.4. The van der Waals surface area contributed by atoms with Crippen LogP contribution in [0.25, 0.3) is 0 Å². The predicted octanol–water partition coefficient (Wildman–Crippen LogP) is 12.0. The summed E-state index contributed by atoms with van der Waals surface area (Å²) >= 11 is 16.0. The van der Waals surface area contributed by atoms with Gasteiger partial charge in [0.05, 0.1) is 42.6 Å². The van der Waals surface area contributed by atoms with Gasteiger partial charge in [-0.3, -0.25) is 9.59 Å². The number of hydrogen-bond acceptors (Lipinski definition) is 9. The topological polar surface area (TPSA) is 85.6 Å². The van der Waals surface area contributed by atoms with E-state index in [1.807, 2.05) is 83.6 Å². The fraction of sp³-hybridized carbons (Fsp3) is 0.605. The van der Waals surface area contributed by atoms with Gasteiger partial charge in [-0.1, -0.05) is 112 Å². The van der Waals surface area contributed by atoms with Crippen molar-refractivity contribution < 1.29 is 23.8 Å². The highest BCUT2D eigenvalue weighted by molar-refractivity contribution is 8.14. The summed E-state index contributed by atoms with van der Waals surface area (Å²) in [6.45, 7) is 23.9. The van der Waals surface area contributed by atoms with Gasteiger partial charge in [-0.15, -0.1) is 0 Å². The third-order valence-corrected chi connectivity index (χ3v) is 8.21. The Kier molecular flexibility index (Phi) is 37.5. The van der Waals surface area contributed by atoms with Crippen molar-refractivity contribution >= 4 is 68.7 Å². The van der Waals surface area contributed by atoms with Crippen LogP contribution in [-0.4, -0.2) is 71.4 Å². The molecule has 0 atom stereocenters. The molecule has 2 rings (SSSR count). The first-order chi connectivity index (χ1) is 23.0. The minimum Gasteiger partial charge on any atom is -0.382 e. The molecule has 0 unspecified atom stereocenters. The van der Waals surface area contributed by atoms with Gasteiger partial charge >= 0.3 is 0 Å². The van der Waals surface area contributed by atoms with Crippen LogP contribution in [0.2, 0.25) is 10.0 Å². The molecule has 11 heteroatoms. The molecule has 0 heterocycles. The predicted molar refractivity (Wildman–Crippen MR) is 219 cm³/mol. The molecule has 0 saturated carbocycles. The molecule has 0 radical (unpaired) electrons. The molecule has 0 amide bonds. The Hall–Kier alpha value is -1.22. The minimum absolute atomic E-state index is 0.0565. The number of hydrogen-bond donors (Lipinski definition) is 0. The van der Waals surface area contributed by atoms with Crippen molar-refractivity contribution in [3.8, 4) is 6.07 Å². The van der Waals surface area contributed by atoms with Crippen LogP contribution in [0.1, 0.15) is 103 Å². The Morgan fingerprint density at radius 3 is 1.59 bits per heavy atom. The molecule has 2 aromatic rings. The summed E-state index contributed by atoms with van der Waals surface area (Å²) in [6.07, 6.45) is 1.49.